The molecule has 0 bridgehead atoms. The lowest BCUT2D eigenvalue weighted by atomic mass is 10.2. The van der Waals surface area contributed by atoms with E-state index in [1.807, 2.05) is 30.3 Å². The molecule has 7 nitrogen and oxygen atoms in total. The van der Waals surface area contributed by atoms with Crippen molar-refractivity contribution in [2.75, 3.05) is 0 Å². The lowest BCUT2D eigenvalue weighted by molar-refractivity contribution is -0.138. The summed E-state index contributed by atoms with van der Waals surface area (Å²) in [6.07, 6.45) is -2.11. The minimum absolute atomic E-state index is 0.347. The first-order chi connectivity index (χ1) is 9.99. The van der Waals surface area contributed by atoms with Crippen molar-refractivity contribution < 1.29 is 24.2 Å². The molecule has 0 saturated carbocycles. The summed E-state index contributed by atoms with van der Waals surface area (Å²) in [6, 6.07) is 8.59. The monoisotopic (exact) mass is 292 g/mol. The van der Waals surface area contributed by atoms with Crippen LogP contribution in [-0.2, 0) is 25.7 Å². The lowest BCUT2D eigenvalue weighted by Crippen LogP contribution is -2.46. The van der Waals surface area contributed by atoms with Crippen LogP contribution in [0.1, 0.15) is 12.5 Å². The molecular weight excluding hydrogens is 276 g/mol. The van der Waals surface area contributed by atoms with E-state index in [4.69, 9.17) is 9.84 Å². The molecule has 2 rings (SSSR count). The Balaban J connectivity index is 1.75. The van der Waals surface area contributed by atoms with Gasteiger partial charge in [0.2, 0.25) is 5.91 Å². The van der Waals surface area contributed by atoms with Crippen LogP contribution in [0.4, 0.5) is 0 Å². The average molecular weight is 292 g/mol. The van der Waals surface area contributed by atoms with Crippen molar-refractivity contribution in [2.24, 2.45) is 0 Å². The number of hydrogen-bond donors (Lipinski definition) is 3. The highest BCUT2D eigenvalue weighted by atomic mass is 16.6. The zero-order chi connectivity index (χ0) is 15.4. The smallest absolute Gasteiger partial charge is 0.336 e. The van der Waals surface area contributed by atoms with Gasteiger partial charge in [-0.25, -0.2) is 4.79 Å². The van der Waals surface area contributed by atoms with Crippen molar-refractivity contribution in [2.45, 2.75) is 31.7 Å². The van der Waals surface area contributed by atoms with Gasteiger partial charge in [-0.05, 0) is 12.5 Å². The number of rotatable bonds is 6. The van der Waals surface area contributed by atoms with Crippen LogP contribution in [0, 0.1) is 0 Å². The van der Waals surface area contributed by atoms with E-state index in [1.54, 1.807) is 0 Å². The Kier molecular flexibility index (Phi) is 4.54. The lowest BCUT2D eigenvalue weighted by Gasteiger charge is -2.13. The predicted octanol–water partition coefficient (Wildman–Crippen LogP) is -0.340. The number of carbonyl (C=O) groups is 3. The third-order valence-electron chi connectivity index (χ3n) is 3.06. The molecule has 3 N–H and O–H groups in total. The molecule has 21 heavy (non-hydrogen) atoms. The predicted molar refractivity (Wildman–Crippen MR) is 72.2 cm³/mol. The average Bonchev–Trinajstić information content (AvgIpc) is 3.26. The van der Waals surface area contributed by atoms with Gasteiger partial charge < -0.3 is 20.5 Å². The number of carboxylic acid groups (broad SMARTS) is 1. The van der Waals surface area contributed by atoms with E-state index < -0.39 is 30.1 Å². The zero-order valence-electron chi connectivity index (χ0n) is 11.4. The number of carboxylic acids is 1. The first-order valence-corrected chi connectivity index (χ1v) is 6.49. The highest BCUT2D eigenvalue weighted by Crippen LogP contribution is 2.22. The van der Waals surface area contributed by atoms with Gasteiger partial charge in [0.05, 0.1) is 0 Å². The Bertz CT molecular complexity index is 546. The normalized spacial score (nSPS) is 21.2. The van der Waals surface area contributed by atoms with Crippen LogP contribution < -0.4 is 10.6 Å². The van der Waals surface area contributed by atoms with Gasteiger partial charge in [-0.3, -0.25) is 9.59 Å². The van der Waals surface area contributed by atoms with Crippen LogP contribution >= 0.6 is 0 Å². The molecule has 1 saturated heterocycles. The van der Waals surface area contributed by atoms with E-state index in [-0.39, 0.29) is 5.91 Å². The fraction of sp³-hybridized carbons (Fsp3) is 0.357. The molecule has 0 aromatic heterocycles. The van der Waals surface area contributed by atoms with E-state index in [2.05, 4.69) is 10.6 Å². The number of benzene rings is 1. The second-order valence-electron chi connectivity index (χ2n) is 4.75. The Morgan fingerprint density at radius 2 is 1.90 bits per heavy atom. The molecule has 0 aliphatic carbocycles. The number of carbonyl (C=O) groups excluding carboxylic acids is 2. The van der Waals surface area contributed by atoms with Crippen LogP contribution in [-0.4, -0.2) is 41.1 Å². The van der Waals surface area contributed by atoms with Gasteiger partial charge in [-0.15, -0.1) is 0 Å². The quantitative estimate of drug-likeness (QED) is 0.622. The maximum atomic E-state index is 11.8. The van der Waals surface area contributed by atoms with Gasteiger partial charge in [0.15, 0.2) is 12.2 Å². The van der Waals surface area contributed by atoms with Gasteiger partial charge in [-0.2, -0.15) is 0 Å². The number of aliphatic carboxylic acids is 1. The standard InChI is InChI=1S/C14H16N2O5/c1-8(16-13(18)10-11(21-10)14(19)20)12(17)15-7-9-5-3-2-4-6-9/h2-6,8,10-11H,7H2,1H3,(H,15,17)(H,16,18)(H,19,20)/t8?,10-,11-/m0/s1. The molecule has 1 aromatic rings. The van der Waals surface area contributed by atoms with Gasteiger partial charge in [0, 0.05) is 6.54 Å². The van der Waals surface area contributed by atoms with Crippen molar-refractivity contribution in [3.8, 4) is 0 Å². The Hall–Kier alpha value is -2.41. The highest BCUT2D eigenvalue weighted by Gasteiger charge is 2.51. The zero-order valence-corrected chi connectivity index (χ0v) is 11.4. The summed E-state index contributed by atoms with van der Waals surface area (Å²) in [6.45, 7) is 1.88. The van der Waals surface area contributed by atoms with E-state index in [0.717, 1.165) is 5.56 Å². The summed E-state index contributed by atoms with van der Waals surface area (Å²) in [4.78, 5) is 34.0. The molecule has 0 spiro atoms. The van der Waals surface area contributed by atoms with Gasteiger partial charge in [-0.1, -0.05) is 30.3 Å². The molecular formula is C14H16N2O5. The Morgan fingerprint density at radius 3 is 2.48 bits per heavy atom. The van der Waals surface area contributed by atoms with Gasteiger partial charge in [0.1, 0.15) is 6.04 Å². The Labute approximate surface area is 121 Å². The van der Waals surface area contributed by atoms with Crippen LogP contribution in [0.15, 0.2) is 30.3 Å². The minimum Gasteiger partial charge on any atom is -0.479 e. The second kappa shape index (κ2) is 6.36. The summed E-state index contributed by atoms with van der Waals surface area (Å²) in [5.41, 5.74) is 0.945. The fourth-order valence-electron chi connectivity index (χ4n) is 1.80. The van der Waals surface area contributed by atoms with E-state index in [9.17, 15) is 14.4 Å². The van der Waals surface area contributed by atoms with E-state index in [1.165, 1.54) is 6.92 Å². The molecule has 1 unspecified atom stereocenters. The van der Waals surface area contributed by atoms with Crippen molar-refractivity contribution in [3.05, 3.63) is 35.9 Å². The Morgan fingerprint density at radius 1 is 1.24 bits per heavy atom. The summed E-state index contributed by atoms with van der Waals surface area (Å²) >= 11 is 0. The SMILES string of the molecule is CC(NC(=O)[C@H]1O[C@@H]1C(=O)O)C(=O)NCc1ccccc1. The largest absolute Gasteiger partial charge is 0.479 e. The minimum atomic E-state index is -1.18. The molecule has 7 heteroatoms. The molecule has 1 aliphatic rings. The van der Waals surface area contributed by atoms with Crippen LogP contribution in [0.25, 0.3) is 0 Å². The summed E-state index contributed by atoms with van der Waals surface area (Å²) < 4.78 is 4.71. The summed E-state index contributed by atoms with van der Waals surface area (Å²) in [5.74, 6) is -2.12. The molecule has 1 aliphatic heterocycles. The summed E-state index contributed by atoms with van der Waals surface area (Å²) in [5, 5.41) is 13.8. The van der Waals surface area contributed by atoms with Gasteiger partial charge in [0.25, 0.3) is 5.91 Å². The highest BCUT2D eigenvalue weighted by molar-refractivity contribution is 5.94. The molecule has 1 heterocycles. The van der Waals surface area contributed by atoms with Crippen molar-refractivity contribution in [3.63, 3.8) is 0 Å². The number of amides is 2. The van der Waals surface area contributed by atoms with E-state index in [0.29, 0.717) is 6.54 Å². The van der Waals surface area contributed by atoms with Crippen molar-refractivity contribution >= 4 is 17.8 Å². The first-order valence-electron chi connectivity index (χ1n) is 6.49. The molecule has 1 aromatic carbocycles. The number of hydrogen-bond acceptors (Lipinski definition) is 4. The van der Waals surface area contributed by atoms with Gasteiger partial charge >= 0.3 is 5.97 Å². The van der Waals surface area contributed by atoms with E-state index >= 15 is 0 Å². The van der Waals surface area contributed by atoms with Crippen LogP contribution in [0.2, 0.25) is 0 Å². The first kappa shape index (κ1) is 15.0. The summed E-state index contributed by atoms with van der Waals surface area (Å²) in [7, 11) is 0. The number of nitrogens with one attached hydrogen (secondary N) is 2. The molecule has 2 amide bonds. The maximum Gasteiger partial charge on any atom is 0.336 e. The number of ether oxygens (including phenoxy) is 1. The molecule has 3 atom stereocenters. The molecule has 112 valence electrons. The second-order valence-corrected chi connectivity index (χ2v) is 4.75. The molecule has 0 radical (unpaired) electrons. The van der Waals surface area contributed by atoms with Crippen LogP contribution in [0.5, 0.6) is 0 Å². The van der Waals surface area contributed by atoms with Crippen molar-refractivity contribution in [1.29, 1.82) is 0 Å². The van der Waals surface area contributed by atoms with Crippen molar-refractivity contribution in [1.82, 2.24) is 10.6 Å². The third kappa shape index (κ3) is 4.03. The molecule has 1 fully saturated rings. The van der Waals surface area contributed by atoms with Crippen LogP contribution in [0.3, 0.4) is 0 Å². The third-order valence-corrected chi connectivity index (χ3v) is 3.06. The topological polar surface area (TPSA) is 108 Å². The maximum absolute atomic E-state index is 11.8. The fourth-order valence-corrected chi connectivity index (χ4v) is 1.80. The number of epoxide rings is 1.